The SMILES string of the molecule is CC(C)C(C)(CN)NC(=O)c1ccn(-c2cccc(Cl)c2)n1. The minimum Gasteiger partial charge on any atom is -0.344 e. The lowest BCUT2D eigenvalue weighted by molar-refractivity contribution is 0.0877. The molecular weight excluding hydrogens is 300 g/mol. The van der Waals surface area contributed by atoms with E-state index in [1.807, 2.05) is 32.9 Å². The van der Waals surface area contributed by atoms with Crippen molar-refractivity contribution in [1.29, 1.82) is 0 Å². The van der Waals surface area contributed by atoms with Crippen LogP contribution in [-0.2, 0) is 0 Å². The molecule has 2 aromatic rings. The summed E-state index contributed by atoms with van der Waals surface area (Å²) in [6.45, 7) is 6.35. The van der Waals surface area contributed by atoms with Crippen LogP contribution in [-0.4, -0.2) is 27.8 Å². The highest BCUT2D eigenvalue weighted by molar-refractivity contribution is 6.30. The second kappa shape index (κ2) is 6.50. The molecule has 0 saturated heterocycles. The number of halogens is 1. The fourth-order valence-corrected chi connectivity index (χ4v) is 2.15. The first-order valence-electron chi connectivity index (χ1n) is 7.20. The van der Waals surface area contributed by atoms with Gasteiger partial charge in [-0.1, -0.05) is 31.5 Å². The lowest BCUT2D eigenvalue weighted by Crippen LogP contribution is -2.55. The fourth-order valence-electron chi connectivity index (χ4n) is 1.96. The molecule has 1 aromatic carbocycles. The third-order valence-electron chi connectivity index (χ3n) is 3.99. The standard InChI is InChI=1S/C16H21ClN4O/c1-11(2)16(3,10-18)19-15(22)14-7-8-21(20-14)13-6-4-5-12(17)9-13/h4-9,11H,10,18H2,1-3H3,(H,19,22). The first-order chi connectivity index (χ1) is 10.4. The summed E-state index contributed by atoms with van der Waals surface area (Å²) in [6, 6.07) is 8.96. The van der Waals surface area contributed by atoms with E-state index in [9.17, 15) is 4.79 Å². The Morgan fingerprint density at radius 3 is 2.77 bits per heavy atom. The molecule has 0 spiro atoms. The van der Waals surface area contributed by atoms with Crippen molar-refractivity contribution in [2.45, 2.75) is 26.3 Å². The largest absolute Gasteiger partial charge is 0.344 e. The Labute approximate surface area is 135 Å². The van der Waals surface area contributed by atoms with Gasteiger partial charge in [-0.3, -0.25) is 4.79 Å². The van der Waals surface area contributed by atoms with Gasteiger partial charge in [0.2, 0.25) is 0 Å². The number of carbonyl (C=O) groups excluding carboxylic acids is 1. The van der Waals surface area contributed by atoms with Gasteiger partial charge in [-0.15, -0.1) is 0 Å². The van der Waals surface area contributed by atoms with Crippen molar-refractivity contribution in [2.75, 3.05) is 6.54 Å². The number of nitrogens with zero attached hydrogens (tertiary/aromatic N) is 2. The average molecular weight is 321 g/mol. The van der Waals surface area contributed by atoms with Gasteiger partial charge in [0.1, 0.15) is 0 Å². The number of carbonyl (C=O) groups is 1. The molecule has 2 rings (SSSR count). The zero-order valence-corrected chi connectivity index (χ0v) is 13.8. The number of rotatable bonds is 5. The monoisotopic (exact) mass is 320 g/mol. The molecule has 0 radical (unpaired) electrons. The van der Waals surface area contributed by atoms with Crippen LogP contribution in [0.4, 0.5) is 0 Å². The van der Waals surface area contributed by atoms with Gasteiger partial charge in [0.25, 0.3) is 5.91 Å². The Morgan fingerprint density at radius 2 is 2.18 bits per heavy atom. The zero-order valence-electron chi connectivity index (χ0n) is 13.0. The zero-order chi connectivity index (χ0) is 16.3. The second-order valence-corrected chi connectivity index (χ2v) is 6.29. The molecule has 3 N–H and O–H groups in total. The molecule has 0 saturated carbocycles. The minimum absolute atomic E-state index is 0.219. The number of nitrogens with two attached hydrogens (primary N) is 1. The Morgan fingerprint density at radius 1 is 1.45 bits per heavy atom. The lowest BCUT2D eigenvalue weighted by Gasteiger charge is -2.33. The van der Waals surface area contributed by atoms with Crippen molar-refractivity contribution >= 4 is 17.5 Å². The van der Waals surface area contributed by atoms with Crippen LogP contribution in [0.1, 0.15) is 31.3 Å². The van der Waals surface area contributed by atoms with Crippen molar-refractivity contribution in [3.05, 3.63) is 47.2 Å². The van der Waals surface area contributed by atoms with Gasteiger partial charge in [0.05, 0.1) is 11.2 Å². The summed E-state index contributed by atoms with van der Waals surface area (Å²) in [7, 11) is 0. The molecule has 0 fully saturated rings. The molecule has 0 bridgehead atoms. The lowest BCUT2D eigenvalue weighted by atomic mass is 9.88. The van der Waals surface area contributed by atoms with Crippen molar-refractivity contribution in [1.82, 2.24) is 15.1 Å². The summed E-state index contributed by atoms with van der Waals surface area (Å²) in [6.07, 6.45) is 1.73. The predicted molar refractivity (Wildman–Crippen MR) is 88.3 cm³/mol. The minimum atomic E-state index is -0.461. The van der Waals surface area contributed by atoms with E-state index in [-0.39, 0.29) is 11.8 Å². The van der Waals surface area contributed by atoms with Gasteiger partial charge in [-0.25, -0.2) is 4.68 Å². The van der Waals surface area contributed by atoms with Crippen LogP contribution in [0, 0.1) is 5.92 Å². The molecule has 1 atom stereocenters. The van der Waals surface area contributed by atoms with Gasteiger partial charge < -0.3 is 11.1 Å². The quantitative estimate of drug-likeness (QED) is 0.889. The normalized spacial score (nSPS) is 13.9. The van der Waals surface area contributed by atoms with Crippen LogP contribution < -0.4 is 11.1 Å². The first kappa shape index (κ1) is 16.5. The van der Waals surface area contributed by atoms with Gasteiger partial charge in [-0.05, 0) is 37.1 Å². The third-order valence-corrected chi connectivity index (χ3v) is 4.23. The Kier molecular flexibility index (Phi) is 4.88. The molecule has 1 amide bonds. The first-order valence-corrected chi connectivity index (χ1v) is 7.58. The maximum absolute atomic E-state index is 12.4. The maximum atomic E-state index is 12.4. The van der Waals surface area contributed by atoms with Gasteiger partial charge in [0.15, 0.2) is 5.69 Å². The van der Waals surface area contributed by atoms with Crippen LogP contribution in [0.3, 0.4) is 0 Å². The highest BCUT2D eigenvalue weighted by Gasteiger charge is 2.29. The van der Waals surface area contributed by atoms with Crippen LogP contribution in [0.25, 0.3) is 5.69 Å². The molecule has 1 aromatic heterocycles. The van der Waals surface area contributed by atoms with Crippen molar-refractivity contribution in [3.8, 4) is 5.69 Å². The second-order valence-electron chi connectivity index (χ2n) is 5.86. The molecule has 0 aliphatic heterocycles. The molecule has 0 aliphatic carbocycles. The average Bonchev–Trinajstić information content (AvgIpc) is 2.97. The van der Waals surface area contributed by atoms with Crippen molar-refractivity contribution in [2.24, 2.45) is 11.7 Å². The van der Waals surface area contributed by atoms with Gasteiger partial charge in [-0.2, -0.15) is 5.10 Å². The molecule has 1 unspecified atom stereocenters. The summed E-state index contributed by atoms with van der Waals surface area (Å²) in [4.78, 5) is 12.4. The Hall–Kier alpha value is -1.85. The van der Waals surface area contributed by atoms with E-state index in [1.54, 1.807) is 29.1 Å². The van der Waals surface area contributed by atoms with E-state index in [4.69, 9.17) is 17.3 Å². The van der Waals surface area contributed by atoms with Crippen LogP contribution in [0.5, 0.6) is 0 Å². The Bertz CT molecular complexity index is 668. The molecule has 5 nitrogen and oxygen atoms in total. The highest BCUT2D eigenvalue weighted by Crippen LogP contribution is 2.17. The summed E-state index contributed by atoms with van der Waals surface area (Å²) in [5.74, 6) is -0.0149. The highest BCUT2D eigenvalue weighted by atomic mass is 35.5. The molecule has 1 heterocycles. The number of hydrogen-bond donors (Lipinski definition) is 2. The van der Waals surface area contributed by atoms with E-state index < -0.39 is 5.54 Å². The molecule has 22 heavy (non-hydrogen) atoms. The number of aromatic nitrogens is 2. The van der Waals surface area contributed by atoms with Crippen LogP contribution in [0.15, 0.2) is 36.5 Å². The molecular formula is C16H21ClN4O. The van der Waals surface area contributed by atoms with E-state index in [1.165, 1.54) is 0 Å². The van der Waals surface area contributed by atoms with E-state index in [2.05, 4.69) is 10.4 Å². The van der Waals surface area contributed by atoms with Crippen LogP contribution >= 0.6 is 11.6 Å². The smallest absolute Gasteiger partial charge is 0.272 e. The van der Waals surface area contributed by atoms with Crippen molar-refractivity contribution in [3.63, 3.8) is 0 Å². The topological polar surface area (TPSA) is 72.9 Å². The number of hydrogen-bond acceptors (Lipinski definition) is 3. The third kappa shape index (κ3) is 3.48. The fraction of sp³-hybridized carbons (Fsp3) is 0.375. The van der Waals surface area contributed by atoms with Gasteiger partial charge in [0, 0.05) is 17.8 Å². The number of amides is 1. The van der Waals surface area contributed by atoms with E-state index >= 15 is 0 Å². The Balaban J connectivity index is 2.19. The molecule has 6 heteroatoms. The predicted octanol–water partition coefficient (Wildman–Crippen LogP) is 2.63. The van der Waals surface area contributed by atoms with E-state index in [0.29, 0.717) is 17.3 Å². The van der Waals surface area contributed by atoms with Crippen molar-refractivity contribution < 1.29 is 4.79 Å². The summed E-state index contributed by atoms with van der Waals surface area (Å²) < 4.78 is 1.62. The summed E-state index contributed by atoms with van der Waals surface area (Å²) >= 11 is 5.97. The van der Waals surface area contributed by atoms with E-state index in [0.717, 1.165) is 5.69 Å². The number of nitrogens with one attached hydrogen (secondary N) is 1. The summed E-state index contributed by atoms with van der Waals surface area (Å²) in [5, 5.41) is 7.89. The summed E-state index contributed by atoms with van der Waals surface area (Å²) in [5.41, 5.74) is 6.48. The maximum Gasteiger partial charge on any atom is 0.272 e. The molecule has 0 aliphatic rings. The van der Waals surface area contributed by atoms with Crippen LogP contribution in [0.2, 0.25) is 5.02 Å². The number of benzene rings is 1. The molecule has 118 valence electrons. The van der Waals surface area contributed by atoms with Gasteiger partial charge >= 0.3 is 0 Å².